The van der Waals surface area contributed by atoms with Crippen LogP contribution in [0.4, 0.5) is 0 Å². The number of hydrogen-bond donors (Lipinski definition) is 1. The van der Waals surface area contributed by atoms with Crippen LogP contribution >= 0.6 is 12.2 Å². The zero-order valence-corrected chi connectivity index (χ0v) is 11.7. The van der Waals surface area contributed by atoms with Crippen LogP contribution in [-0.4, -0.2) is 15.0 Å². The van der Waals surface area contributed by atoms with E-state index in [4.69, 9.17) is 12.2 Å². The Hall–Kier alpha value is -2.07. The number of H-pyrrole nitrogens is 1. The van der Waals surface area contributed by atoms with Crippen molar-refractivity contribution in [2.24, 2.45) is 0 Å². The normalized spacial score (nSPS) is 14.6. The van der Waals surface area contributed by atoms with Gasteiger partial charge in [0.05, 0.1) is 5.69 Å². The van der Waals surface area contributed by atoms with Gasteiger partial charge in [0.2, 0.25) is 0 Å². The molecule has 0 radical (unpaired) electrons. The van der Waals surface area contributed by atoms with Crippen LogP contribution in [0.3, 0.4) is 0 Å². The van der Waals surface area contributed by atoms with Crippen molar-refractivity contribution in [2.75, 3.05) is 0 Å². The summed E-state index contributed by atoms with van der Waals surface area (Å²) >= 11 is 5.31. The fourth-order valence-corrected chi connectivity index (χ4v) is 2.75. The first-order valence-electron chi connectivity index (χ1n) is 6.75. The summed E-state index contributed by atoms with van der Waals surface area (Å²) in [6.45, 7) is 0. The lowest BCUT2D eigenvalue weighted by Gasteiger charge is -2.08. The number of aromatic amines is 1. The minimum atomic E-state index is 0.563. The van der Waals surface area contributed by atoms with Gasteiger partial charge in [-0.2, -0.15) is 0 Å². The Morgan fingerprint density at radius 1 is 1.20 bits per heavy atom. The predicted molar refractivity (Wildman–Crippen MR) is 82.1 cm³/mol. The molecule has 1 saturated carbocycles. The van der Waals surface area contributed by atoms with E-state index in [9.17, 15) is 0 Å². The van der Waals surface area contributed by atoms with E-state index in [2.05, 4.69) is 27.1 Å². The van der Waals surface area contributed by atoms with Crippen molar-refractivity contribution in [3.63, 3.8) is 0 Å². The third kappa shape index (κ3) is 2.02. The van der Waals surface area contributed by atoms with Gasteiger partial charge in [0.25, 0.3) is 0 Å². The largest absolute Gasteiger partial charge is 0.343 e. The Morgan fingerprint density at radius 2 is 2.10 bits per heavy atom. The first kappa shape index (κ1) is 11.7. The lowest BCUT2D eigenvalue weighted by molar-refractivity contribution is 0.924. The molecular formula is C16H13N3S. The molecule has 2 heterocycles. The summed E-state index contributed by atoms with van der Waals surface area (Å²) in [7, 11) is 0. The van der Waals surface area contributed by atoms with E-state index in [1.54, 1.807) is 0 Å². The Labute approximate surface area is 121 Å². The molecule has 0 amide bonds. The summed E-state index contributed by atoms with van der Waals surface area (Å²) in [5, 5.41) is 2.31. The highest BCUT2D eigenvalue weighted by molar-refractivity contribution is 7.71. The molecule has 1 aliphatic rings. The van der Waals surface area contributed by atoms with Crippen molar-refractivity contribution in [1.29, 1.82) is 0 Å². The van der Waals surface area contributed by atoms with Crippen LogP contribution in [0.15, 0.2) is 42.7 Å². The van der Waals surface area contributed by atoms with Crippen molar-refractivity contribution in [1.82, 2.24) is 15.0 Å². The second-order valence-corrected chi connectivity index (χ2v) is 5.61. The monoisotopic (exact) mass is 279 g/mol. The molecule has 4 heteroatoms. The van der Waals surface area contributed by atoms with Crippen molar-refractivity contribution >= 4 is 23.0 Å². The smallest absolute Gasteiger partial charge is 0.130 e. The Balaban J connectivity index is 1.97. The van der Waals surface area contributed by atoms with E-state index < -0.39 is 0 Å². The lowest BCUT2D eigenvalue weighted by atomic mass is 10.0. The van der Waals surface area contributed by atoms with Crippen LogP contribution in [0.2, 0.25) is 0 Å². The number of hydrogen-bond acceptors (Lipinski definition) is 3. The van der Waals surface area contributed by atoms with Gasteiger partial charge in [0.1, 0.15) is 10.5 Å². The van der Waals surface area contributed by atoms with Crippen LogP contribution in [0.25, 0.3) is 22.0 Å². The molecule has 3 aromatic rings. The highest BCUT2D eigenvalue weighted by Gasteiger charge is 2.26. The molecule has 1 fully saturated rings. The van der Waals surface area contributed by atoms with Crippen molar-refractivity contribution in [2.45, 2.75) is 18.8 Å². The number of aromatic nitrogens is 3. The second kappa shape index (κ2) is 4.49. The molecule has 1 N–H and O–H groups in total. The van der Waals surface area contributed by atoms with Gasteiger partial charge < -0.3 is 4.98 Å². The molecule has 0 saturated heterocycles. The third-order valence-corrected chi connectivity index (χ3v) is 3.91. The highest BCUT2D eigenvalue weighted by atomic mass is 32.1. The predicted octanol–water partition coefficient (Wildman–Crippen LogP) is 4.23. The maximum Gasteiger partial charge on any atom is 0.130 e. The van der Waals surface area contributed by atoms with Crippen LogP contribution < -0.4 is 0 Å². The van der Waals surface area contributed by atoms with Gasteiger partial charge in [-0.25, -0.2) is 4.98 Å². The molecule has 0 aliphatic heterocycles. The fraction of sp³-hybridized carbons (Fsp3) is 0.188. The molecule has 0 unspecified atom stereocenters. The Bertz CT molecular complexity index is 844. The van der Waals surface area contributed by atoms with Gasteiger partial charge in [-0.1, -0.05) is 30.4 Å². The van der Waals surface area contributed by atoms with E-state index in [1.165, 1.54) is 18.2 Å². The first-order valence-corrected chi connectivity index (χ1v) is 7.16. The van der Waals surface area contributed by atoms with E-state index >= 15 is 0 Å². The molecule has 0 atom stereocenters. The van der Waals surface area contributed by atoms with Crippen LogP contribution in [0, 0.1) is 4.64 Å². The first-order chi connectivity index (χ1) is 9.81. The van der Waals surface area contributed by atoms with Crippen LogP contribution in [0.5, 0.6) is 0 Å². The quantitative estimate of drug-likeness (QED) is 0.714. The fourth-order valence-electron chi connectivity index (χ4n) is 2.53. The molecule has 1 aliphatic carbocycles. The van der Waals surface area contributed by atoms with Gasteiger partial charge in [0.15, 0.2) is 0 Å². The maximum atomic E-state index is 5.31. The Kier molecular flexibility index (Phi) is 2.63. The van der Waals surface area contributed by atoms with E-state index in [0.717, 1.165) is 22.5 Å². The number of fused-ring (bicyclic) bond motifs is 1. The van der Waals surface area contributed by atoms with Gasteiger partial charge in [-0.15, -0.1) is 0 Å². The van der Waals surface area contributed by atoms with Crippen molar-refractivity contribution in [3.05, 3.63) is 53.2 Å². The molecular weight excluding hydrogens is 266 g/mol. The summed E-state index contributed by atoms with van der Waals surface area (Å²) < 4.78 is 0.659. The average Bonchev–Trinajstić information content (AvgIpc) is 3.30. The van der Waals surface area contributed by atoms with E-state index in [0.29, 0.717) is 10.6 Å². The van der Waals surface area contributed by atoms with Crippen LogP contribution in [-0.2, 0) is 0 Å². The van der Waals surface area contributed by atoms with E-state index in [1.807, 2.05) is 30.6 Å². The lowest BCUT2D eigenvalue weighted by Crippen LogP contribution is -1.95. The molecule has 0 bridgehead atoms. The third-order valence-electron chi connectivity index (χ3n) is 3.70. The van der Waals surface area contributed by atoms with Crippen LogP contribution in [0.1, 0.15) is 24.6 Å². The van der Waals surface area contributed by atoms with Gasteiger partial charge in [-0.05, 0) is 30.4 Å². The molecule has 98 valence electrons. The van der Waals surface area contributed by atoms with Gasteiger partial charge in [0, 0.05) is 29.3 Å². The standard InChI is InChI=1S/C16H13N3S/c20-15-8-14(18-16(19-15)10-4-5-10)13-3-1-2-11-9-17-7-6-12(11)13/h1-3,6-10H,4-5H2,(H,18,19,20). The molecule has 4 rings (SSSR count). The minimum absolute atomic E-state index is 0.563. The summed E-state index contributed by atoms with van der Waals surface area (Å²) in [5.74, 6) is 1.59. The van der Waals surface area contributed by atoms with Gasteiger partial charge >= 0.3 is 0 Å². The van der Waals surface area contributed by atoms with Crippen molar-refractivity contribution in [3.8, 4) is 11.3 Å². The highest BCUT2D eigenvalue weighted by Crippen LogP contribution is 2.38. The minimum Gasteiger partial charge on any atom is -0.343 e. The number of rotatable bonds is 2. The topological polar surface area (TPSA) is 41.6 Å². The zero-order valence-electron chi connectivity index (χ0n) is 10.8. The van der Waals surface area contributed by atoms with Crippen molar-refractivity contribution < 1.29 is 0 Å². The SMILES string of the molecule is S=c1cc(-c2cccc3cnccc23)[nH]c(C2CC2)n1. The van der Waals surface area contributed by atoms with Gasteiger partial charge in [-0.3, -0.25) is 4.98 Å². The summed E-state index contributed by atoms with van der Waals surface area (Å²) in [5.41, 5.74) is 2.20. The summed E-state index contributed by atoms with van der Waals surface area (Å²) in [6.07, 6.45) is 6.13. The molecule has 20 heavy (non-hydrogen) atoms. The second-order valence-electron chi connectivity index (χ2n) is 5.19. The Morgan fingerprint density at radius 3 is 2.95 bits per heavy atom. The summed E-state index contributed by atoms with van der Waals surface area (Å²) in [4.78, 5) is 12.1. The number of nitrogens with one attached hydrogen (secondary N) is 1. The molecule has 1 aromatic carbocycles. The number of nitrogens with zero attached hydrogens (tertiary/aromatic N) is 2. The summed E-state index contributed by atoms with van der Waals surface area (Å²) in [6, 6.07) is 10.2. The average molecular weight is 279 g/mol. The maximum absolute atomic E-state index is 5.31. The molecule has 2 aromatic heterocycles. The zero-order chi connectivity index (χ0) is 13.5. The number of pyridine rings is 1. The molecule has 0 spiro atoms. The molecule has 3 nitrogen and oxygen atoms in total. The number of benzene rings is 1. The van der Waals surface area contributed by atoms with E-state index in [-0.39, 0.29) is 0 Å².